The van der Waals surface area contributed by atoms with Gasteiger partial charge in [-0.3, -0.25) is 0 Å². The molecule has 1 aromatic rings. The van der Waals surface area contributed by atoms with E-state index < -0.39 is 15.6 Å². The van der Waals surface area contributed by atoms with Crippen molar-refractivity contribution in [2.24, 2.45) is 5.73 Å². The maximum atomic E-state index is 12.1. The molecule has 3 N–H and O–H groups in total. The Hall–Kier alpha value is -0.820. The summed E-state index contributed by atoms with van der Waals surface area (Å²) in [4.78, 5) is 0.206. The van der Waals surface area contributed by atoms with Crippen molar-refractivity contribution in [2.75, 3.05) is 13.2 Å². The zero-order chi connectivity index (χ0) is 14.5. The first-order valence-electron chi connectivity index (χ1n) is 6.27. The fourth-order valence-corrected chi connectivity index (χ4v) is 2.82. The molecule has 116 valence electrons. The van der Waals surface area contributed by atoms with E-state index >= 15 is 0 Å². The van der Waals surface area contributed by atoms with Gasteiger partial charge in [-0.25, -0.2) is 13.1 Å². The molecule has 0 amide bonds. The molecule has 0 spiro atoms. The summed E-state index contributed by atoms with van der Waals surface area (Å²) < 4.78 is 32.2. The summed E-state index contributed by atoms with van der Waals surface area (Å²) in [6, 6.07) is 6.36. The molecule has 0 heterocycles. The minimum Gasteiger partial charge on any atom is -0.494 e. The quantitative estimate of drug-likeness (QED) is 0.803. The first-order chi connectivity index (χ1) is 8.80. The third kappa shape index (κ3) is 5.66. The van der Waals surface area contributed by atoms with Gasteiger partial charge in [-0.2, -0.15) is 0 Å². The molecule has 1 rings (SSSR count). The third-order valence-electron chi connectivity index (χ3n) is 2.53. The summed E-state index contributed by atoms with van der Waals surface area (Å²) in [5, 5.41) is 0. The fourth-order valence-electron chi connectivity index (χ4n) is 1.40. The molecule has 0 unspecified atom stereocenters. The SMILES string of the molecule is CCCOc1ccc(S(=O)(=O)NC(C)(C)CN)cc1.Cl. The molecule has 0 aromatic heterocycles. The minimum atomic E-state index is -3.55. The van der Waals surface area contributed by atoms with Gasteiger partial charge in [0.1, 0.15) is 5.75 Å². The Balaban J connectivity index is 0.00000361. The van der Waals surface area contributed by atoms with Crippen LogP contribution in [0.5, 0.6) is 5.75 Å². The van der Waals surface area contributed by atoms with Crippen LogP contribution in [-0.4, -0.2) is 27.1 Å². The number of hydrogen-bond donors (Lipinski definition) is 2. The van der Waals surface area contributed by atoms with E-state index in [-0.39, 0.29) is 23.8 Å². The Morgan fingerprint density at radius 3 is 2.25 bits per heavy atom. The zero-order valence-electron chi connectivity index (χ0n) is 12.0. The Morgan fingerprint density at radius 2 is 1.80 bits per heavy atom. The Labute approximate surface area is 127 Å². The van der Waals surface area contributed by atoms with Crippen LogP contribution in [0.4, 0.5) is 0 Å². The van der Waals surface area contributed by atoms with E-state index in [0.29, 0.717) is 12.4 Å². The highest BCUT2D eigenvalue weighted by molar-refractivity contribution is 7.89. The molecule has 0 radical (unpaired) electrons. The van der Waals surface area contributed by atoms with Gasteiger partial charge in [0, 0.05) is 12.1 Å². The highest BCUT2D eigenvalue weighted by Crippen LogP contribution is 2.17. The van der Waals surface area contributed by atoms with E-state index in [2.05, 4.69) is 4.72 Å². The summed E-state index contributed by atoms with van der Waals surface area (Å²) in [5.41, 5.74) is 4.85. The van der Waals surface area contributed by atoms with Crippen LogP contribution in [0.25, 0.3) is 0 Å². The van der Waals surface area contributed by atoms with Crippen LogP contribution in [0.2, 0.25) is 0 Å². The molecule has 0 saturated heterocycles. The first kappa shape index (κ1) is 19.2. The summed E-state index contributed by atoms with van der Waals surface area (Å²) >= 11 is 0. The zero-order valence-corrected chi connectivity index (χ0v) is 13.7. The average molecular weight is 323 g/mol. The molecular weight excluding hydrogens is 300 g/mol. The van der Waals surface area contributed by atoms with Gasteiger partial charge in [-0.05, 0) is 44.5 Å². The van der Waals surface area contributed by atoms with Gasteiger partial charge in [0.05, 0.1) is 11.5 Å². The van der Waals surface area contributed by atoms with Crippen molar-refractivity contribution in [3.8, 4) is 5.75 Å². The normalized spacial score (nSPS) is 11.8. The number of nitrogens with two attached hydrogens (primary N) is 1. The lowest BCUT2D eigenvalue weighted by molar-refractivity contribution is 0.317. The van der Waals surface area contributed by atoms with Crippen LogP contribution in [0, 0.1) is 0 Å². The van der Waals surface area contributed by atoms with E-state index in [1.165, 1.54) is 12.1 Å². The van der Waals surface area contributed by atoms with Crippen molar-refractivity contribution in [1.29, 1.82) is 0 Å². The van der Waals surface area contributed by atoms with Gasteiger partial charge < -0.3 is 10.5 Å². The highest BCUT2D eigenvalue weighted by atomic mass is 35.5. The van der Waals surface area contributed by atoms with Gasteiger partial charge in [-0.15, -0.1) is 12.4 Å². The fraction of sp³-hybridized carbons (Fsp3) is 0.538. The molecule has 20 heavy (non-hydrogen) atoms. The predicted molar refractivity (Wildman–Crippen MR) is 82.9 cm³/mol. The summed E-state index contributed by atoms with van der Waals surface area (Å²) in [7, 11) is -3.55. The van der Waals surface area contributed by atoms with Crippen molar-refractivity contribution in [3.05, 3.63) is 24.3 Å². The smallest absolute Gasteiger partial charge is 0.241 e. The van der Waals surface area contributed by atoms with E-state index in [4.69, 9.17) is 10.5 Å². The lowest BCUT2D eigenvalue weighted by atomic mass is 10.1. The number of halogens is 1. The van der Waals surface area contributed by atoms with Crippen molar-refractivity contribution >= 4 is 22.4 Å². The monoisotopic (exact) mass is 322 g/mol. The minimum absolute atomic E-state index is 0. The third-order valence-corrected chi connectivity index (χ3v) is 4.24. The molecule has 0 bridgehead atoms. The lowest BCUT2D eigenvalue weighted by Crippen LogP contribution is -2.48. The molecular formula is C13H23ClN2O3S. The van der Waals surface area contributed by atoms with E-state index in [1.807, 2.05) is 6.92 Å². The molecule has 0 saturated carbocycles. The van der Waals surface area contributed by atoms with Crippen molar-refractivity contribution in [2.45, 2.75) is 37.6 Å². The number of hydrogen-bond acceptors (Lipinski definition) is 4. The Bertz CT molecular complexity index is 501. The van der Waals surface area contributed by atoms with Crippen molar-refractivity contribution < 1.29 is 13.2 Å². The van der Waals surface area contributed by atoms with Crippen LogP contribution in [-0.2, 0) is 10.0 Å². The molecule has 0 atom stereocenters. The van der Waals surface area contributed by atoms with Crippen LogP contribution in [0.3, 0.4) is 0 Å². The van der Waals surface area contributed by atoms with Gasteiger partial charge in [-0.1, -0.05) is 6.92 Å². The van der Waals surface area contributed by atoms with E-state index in [1.54, 1.807) is 26.0 Å². The molecule has 0 aliphatic carbocycles. The molecule has 7 heteroatoms. The van der Waals surface area contributed by atoms with Crippen LogP contribution in [0.1, 0.15) is 27.2 Å². The largest absolute Gasteiger partial charge is 0.494 e. The van der Waals surface area contributed by atoms with Gasteiger partial charge in [0.2, 0.25) is 10.0 Å². The van der Waals surface area contributed by atoms with Crippen LogP contribution in [0.15, 0.2) is 29.2 Å². The summed E-state index contributed by atoms with van der Waals surface area (Å²) in [5.74, 6) is 0.666. The predicted octanol–water partition coefficient (Wildman–Crippen LogP) is 1.91. The van der Waals surface area contributed by atoms with Gasteiger partial charge >= 0.3 is 0 Å². The van der Waals surface area contributed by atoms with E-state index in [9.17, 15) is 8.42 Å². The van der Waals surface area contributed by atoms with E-state index in [0.717, 1.165) is 6.42 Å². The second-order valence-electron chi connectivity index (χ2n) is 5.01. The molecule has 0 fully saturated rings. The maximum absolute atomic E-state index is 12.1. The molecule has 0 aliphatic rings. The molecule has 5 nitrogen and oxygen atoms in total. The number of rotatable bonds is 7. The van der Waals surface area contributed by atoms with Crippen LogP contribution < -0.4 is 15.2 Å². The summed E-state index contributed by atoms with van der Waals surface area (Å²) in [6.45, 7) is 6.33. The van der Waals surface area contributed by atoms with Gasteiger partial charge in [0.25, 0.3) is 0 Å². The second kappa shape index (κ2) is 7.83. The standard InChI is InChI=1S/C13H22N2O3S.ClH/c1-4-9-18-11-5-7-12(8-6-11)19(16,17)15-13(2,3)10-14;/h5-8,15H,4,9-10,14H2,1-3H3;1H. The van der Waals surface area contributed by atoms with Crippen molar-refractivity contribution in [1.82, 2.24) is 4.72 Å². The Kier molecular flexibility index (Phi) is 7.51. The lowest BCUT2D eigenvalue weighted by Gasteiger charge is -2.23. The second-order valence-corrected chi connectivity index (χ2v) is 6.70. The van der Waals surface area contributed by atoms with Gasteiger partial charge in [0.15, 0.2) is 0 Å². The number of ether oxygens (including phenoxy) is 1. The highest BCUT2D eigenvalue weighted by Gasteiger charge is 2.24. The number of benzene rings is 1. The molecule has 1 aromatic carbocycles. The molecule has 0 aliphatic heterocycles. The number of sulfonamides is 1. The topological polar surface area (TPSA) is 81.4 Å². The summed E-state index contributed by atoms with van der Waals surface area (Å²) in [6.07, 6.45) is 0.909. The number of nitrogens with one attached hydrogen (secondary N) is 1. The van der Waals surface area contributed by atoms with Crippen molar-refractivity contribution in [3.63, 3.8) is 0 Å². The average Bonchev–Trinajstić information content (AvgIpc) is 2.35. The maximum Gasteiger partial charge on any atom is 0.241 e. The van der Waals surface area contributed by atoms with Crippen LogP contribution >= 0.6 is 12.4 Å². The Morgan fingerprint density at radius 1 is 1.25 bits per heavy atom. The first-order valence-corrected chi connectivity index (χ1v) is 7.76.